The Labute approximate surface area is 288 Å². The summed E-state index contributed by atoms with van der Waals surface area (Å²) in [5.74, 6) is 0.682. The third kappa shape index (κ3) is 4.54. The first-order valence-corrected chi connectivity index (χ1v) is 16.8. The van der Waals surface area contributed by atoms with Gasteiger partial charge in [-0.2, -0.15) is 0 Å². The van der Waals surface area contributed by atoms with Crippen molar-refractivity contribution in [3.63, 3.8) is 0 Å². The molecule has 0 atom stereocenters. The highest BCUT2D eigenvalue weighted by Gasteiger charge is 2.21. The summed E-state index contributed by atoms with van der Waals surface area (Å²) in [4.78, 5) is 10.1. The first-order chi connectivity index (χ1) is 24.8. The lowest BCUT2D eigenvalue weighted by Crippen LogP contribution is -1.98. The molecule has 0 unspecified atom stereocenters. The van der Waals surface area contributed by atoms with E-state index in [0.29, 0.717) is 5.82 Å². The van der Waals surface area contributed by atoms with Crippen LogP contribution in [-0.2, 0) is 0 Å². The maximum atomic E-state index is 6.71. The van der Waals surface area contributed by atoms with Crippen molar-refractivity contribution in [2.45, 2.75) is 0 Å². The standard InChI is InChI=1S/C46H29N3O/c1-3-13-30(14-4-1)38-29-39(31-15-5-2-6-16-31)48-46(47-38)33-25-23-32(24-26-33)44-42(28-27-37-36-19-9-12-22-43(36)50-45(37)44)49-40-20-10-7-17-34(40)35-18-8-11-21-41(35)49/h1-29H. The Hall–Kier alpha value is -6.78. The Balaban J connectivity index is 1.19. The summed E-state index contributed by atoms with van der Waals surface area (Å²) in [5.41, 5.74) is 12.0. The van der Waals surface area contributed by atoms with E-state index in [-0.39, 0.29) is 0 Å². The molecule has 0 N–H and O–H groups in total. The number of rotatable bonds is 5. The molecular weight excluding hydrogens is 611 g/mol. The van der Waals surface area contributed by atoms with Gasteiger partial charge < -0.3 is 8.98 Å². The van der Waals surface area contributed by atoms with Crippen LogP contribution < -0.4 is 0 Å². The van der Waals surface area contributed by atoms with Crippen LogP contribution in [0.15, 0.2) is 180 Å². The Kier molecular flexibility index (Phi) is 6.46. The fraction of sp³-hybridized carbons (Fsp3) is 0. The summed E-state index contributed by atoms with van der Waals surface area (Å²) < 4.78 is 9.08. The zero-order chi connectivity index (χ0) is 33.0. The number of fused-ring (bicyclic) bond motifs is 6. The number of nitrogens with zero attached hydrogens (tertiary/aromatic N) is 3. The van der Waals surface area contributed by atoms with Crippen LogP contribution in [-0.4, -0.2) is 14.5 Å². The van der Waals surface area contributed by atoms with Crippen molar-refractivity contribution in [3.05, 3.63) is 176 Å². The SMILES string of the molecule is c1ccc(-c2cc(-c3ccccc3)nc(-c3ccc(-c4c(-n5c6ccccc6c6ccccc65)ccc5c4oc4ccccc45)cc3)n2)cc1. The fourth-order valence-electron chi connectivity index (χ4n) is 7.30. The van der Waals surface area contributed by atoms with Gasteiger partial charge in [0.2, 0.25) is 0 Å². The molecule has 7 aromatic carbocycles. The third-order valence-corrected chi connectivity index (χ3v) is 9.64. The summed E-state index contributed by atoms with van der Waals surface area (Å²) in [6.45, 7) is 0. The molecule has 3 aromatic heterocycles. The minimum atomic E-state index is 0.682. The van der Waals surface area contributed by atoms with Gasteiger partial charge in [0.05, 0.1) is 28.1 Å². The first kappa shape index (κ1) is 28.3. The van der Waals surface area contributed by atoms with E-state index in [1.54, 1.807) is 0 Å². The van der Waals surface area contributed by atoms with Crippen LogP contribution in [0.25, 0.3) is 94.5 Å². The van der Waals surface area contributed by atoms with Gasteiger partial charge in [-0.1, -0.05) is 140 Å². The lowest BCUT2D eigenvalue weighted by atomic mass is 9.98. The maximum absolute atomic E-state index is 6.71. The number of hydrogen-bond acceptors (Lipinski definition) is 3. The molecule has 50 heavy (non-hydrogen) atoms. The molecule has 0 saturated carbocycles. The number of para-hydroxylation sites is 3. The summed E-state index contributed by atoms with van der Waals surface area (Å²) in [5, 5.41) is 4.64. The second-order valence-corrected chi connectivity index (χ2v) is 12.6. The van der Waals surface area contributed by atoms with E-state index in [2.05, 4.69) is 132 Å². The van der Waals surface area contributed by atoms with E-state index in [4.69, 9.17) is 14.4 Å². The number of hydrogen-bond donors (Lipinski definition) is 0. The van der Waals surface area contributed by atoms with Crippen molar-refractivity contribution >= 4 is 43.7 Å². The molecule has 0 aliphatic heterocycles. The molecule has 234 valence electrons. The minimum Gasteiger partial charge on any atom is -0.455 e. The normalized spacial score (nSPS) is 11.6. The molecule has 0 fully saturated rings. The van der Waals surface area contributed by atoms with Gasteiger partial charge in [-0.25, -0.2) is 9.97 Å². The fourth-order valence-corrected chi connectivity index (χ4v) is 7.30. The van der Waals surface area contributed by atoms with Crippen molar-refractivity contribution in [2.24, 2.45) is 0 Å². The van der Waals surface area contributed by atoms with Gasteiger partial charge in [-0.15, -0.1) is 0 Å². The summed E-state index contributed by atoms with van der Waals surface area (Å²) in [6, 6.07) is 61.2. The van der Waals surface area contributed by atoms with Crippen LogP contribution >= 0.6 is 0 Å². The molecule has 0 bridgehead atoms. The van der Waals surface area contributed by atoms with Gasteiger partial charge in [0.15, 0.2) is 5.82 Å². The second kappa shape index (κ2) is 11.4. The molecule has 0 aliphatic rings. The number of aromatic nitrogens is 3. The molecule has 4 heteroatoms. The Morgan fingerprint density at radius 3 is 1.54 bits per heavy atom. The van der Waals surface area contributed by atoms with E-state index in [1.165, 1.54) is 10.8 Å². The zero-order valence-electron chi connectivity index (χ0n) is 27.0. The highest BCUT2D eigenvalue weighted by Crippen LogP contribution is 2.43. The predicted octanol–water partition coefficient (Wildman–Crippen LogP) is 12.1. The summed E-state index contributed by atoms with van der Waals surface area (Å²) in [7, 11) is 0. The average molecular weight is 640 g/mol. The summed E-state index contributed by atoms with van der Waals surface area (Å²) in [6.07, 6.45) is 0. The molecule has 10 aromatic rings. The van der Waals surface area contributed by atoms with E-state index >= 15 is 0 Å². The maximum Gasteiger partial charge on any atom is 0.160 e. The molecule has 0 radical (unpaired) electrons. The molecule has 4 nitrogen and oxygen atoms in total. The lowest BCUT2D eigenvalue weighted by molar-refractivity contribution is 0.670. The predicted molar refractivity (Wildman–Crippen MR) is 205 cm³/mol. The Morgan fingerprint density at radius 2 is 0.920 bits per heavy atom. The molecule has 10 rings (SSSR count). The Bertz CT molecular complexity index is 2740. The van der Waals surface area contributed by atoms with Crippen LogP contribution in [0.1, 0.15) is 0 Å². The largest absolute Gasteiger partial charge is 0.455 e. The van der Waals surface area contributed by atoms with Crippen LogP contribution in [0.4, 0.5) is 0 Å². The highest BCUT2D eigenvalue weighted by atomic mass is 16.3. The van der Waals surface area contributed by atoms with Crippen molar-refractivity contribution in [2.75, 3.05) is 0 Å². The van der Waals surface area contributed by atoms with Crippen molar-refractivity contribution in [1.29, 1.82) is 0 Å². The van der Waals surface area contributed by atoms with Crippen LogP contribution in [0.5, 0.6) is 0 Å². The summed E-state index contributed by atoms with van der Waals surface area (Å²) >= 11 is 0. The van der Waals surface area contributed by atoms with Crippen LogP contribution in [0.2, 0.25) is 0 Å². The van der Waals surface area contributed by atoms with E-state index in [9.17, 15) is 0 Å². The lowest BCUT2D eigenvalue weighted by Gasteiger charge is -2.15. The quantitative estimate of drug-likeness (QED) is 0.188. The van der Waals surface area contributed by atoms with Gasteiger partial charge >= 0.3 is 0 Å². The van der Waals surface area contributed by atoms with Crippen molar-refractivity contribution < 1.29 is 4.42 Å². The van der Waals surface area contributed by atoms with Crippen molar-refractivity contribution in [1.82, 2.24) is 14.5 Å². The van der Waals surface area contributed by atoms with E-state index < -0.39 is 0 Å². The smallest absolute Gasteiger partial charge is 0.160 e. The topological polar surface area (TPSA) is 43.9 Å². The molecule has 0 aliphatic carbocycles. The third-order valence-electron chi connectivity index (χ3n) is 9.64. The second-order valence-electron chi connectivity index (χ2n) is 12.6. The molecule has 3 heterocycles. The van der Waals surface area contributed by atoms with Gasteiger partial charge in [0.1, 0.15) is 11.2 Å². The average Bonchev–Trinajstić information content (AvgIpc) is 3.74. The monoisotopic (exact) mass is 639 g/mol. The number of furan rings is 1. The van der Waals surface area contributed by atoms with Gasteiger partial charge in [0.25, 0.3) is 0 Å². The molecule has 0 spiro atoms. The van der Waals surface area contributed by atoms with Gasteiger partial charge in [0, 0.05) is 43.8 Å². The van der Waals surface area contributed by atoms with Crippen LogP contribution in [0.3, 0.4) is 0 Å². The van der Waals surface area contributed by atoms with Gasteiger partial charge in [-0.3, -0.25) is 0 Å². The first-order valence-electron chi connectivity index (χ1n) is 16.8. The van der Waals surface area contributed by atoms with Gasteiger partial charge in [-0.05, 0) is 42.0 Å². The number of benzene rings is 7. The van der Waals surface area contributed by atoms with Crippen LogP contribution in [0, 0.1) is 0 Å². The van der Waals surface area contributed by atoms with E-state index in [0.717, 1.165) is 77.9 Å². The van der Waals surface area contributed by atoms with Crippen molar-refractivity contribution in [3.8, 4) is 50.7 Å². The molecular formula is C46H29N3O. The zero-order valence-corrected chi connectivity index (χ0v) is 27.0. The minimum absolute atomic E-state index is 0.682. The highest BCUT2D eigenvalue weighted by molar-refractivity contribution is 6.14. The molecule has 0 amide bonds. The Morgan fingerprint density at radius 1 is 0.400 bits per heavy atom. The van der Waals surface area contributed by atoms with E-state index in [1.807, 2.05) is 48.5 Å². The molecule has 0 saturated heterocycles.